The maximum absolute atomic E-state index is 12.2. The van der Waals surface area contributed by atoms with E-state index in [0.717, 1.165) is 17.0 Å². The third-order valence-corrected chi connectivity index (χ3v) is 3.44. The van der Waals surface area contributed by atoms with Crippen LogP contribution in [0.1, 0.15) is 13.8 Å². The normalized spacial score (nSPS) is 10.7. The highest BCUT2D eigenvalue weighted by Crippen LogP contribution is 2.18. The third kappa shape index (κ3) is 4.44. The molecule has 0 spiro atoms. The van der Waals surface area contributed by atoms with Gasteiger partial charge in [-0.05, 0) is 30.2 Å². The summed E-state index contributed by atoms with van der Waals surface area (Å²) in [6.07, 6.45) is 0. The van der Waals surface area contributed by atoms with E-state index in [2.05, 4.69) is 34.3 Å². The lowest BCUT2D eigenvalue weighted by Gasteiger charge is -2.10. The summed E-state index contributed by atoms with van der Waals surface area (Å²) in [4.78, 5) is 14.9. The molecule has 0 saturated carbocycles. The summed E-state index contributed by atoms with van der Waals surface area (Å²) in [5.74, 6) is 1.57. The molecule has 6 heteroatoms. The van der Waals surface area contributed by atoms with Crippen LogP contribution in [-0.2, 0) is 0 Å². The smallest absolute Gasteiger partial charge is 0.279 e. The van der Waals surface area contributed by atoms with Crippen LogP contribution in [0.3, 0.4) is 0 Å². The van der Waals surface area contributed by atoms with Crippen LogP contribution in [0, 0.1) is 5.92 Å². The van der Waals surface area contributed by atoms with Crippen molar-refractivity contribution in [3.63, 3.8) is 0 Å². The Bertz CT molecular complexity index is 874. The van der Waals surface area contributed by atoms with Crippen molar-refractivity contribution < 1.29 is 4.74 Å². The highest BCUT2D eigenvalue weighted by molar-refractivity contribution is 5.59. The van der Waals surface area contributed by atoms with E-state index in [1.165, 1.54) is 0 Å². The van der Waals surface area contributed by atoms with Crippen molar-refractivity contribution in [2.45, 2.75) is 13.8 Å². The van der Waals surface area contributed by atoms with Crippen LogP contribution in [-0.4, -0.2) is 21.8 Å². The molecule has 25 heavy (non-hydrogen) atoms. The number of rotatable bonds is 6. The van der Waals surface area contributed by atoms with Gasteiger partial charge < -0.3 is 10.1 Å². The zero-order chi connectivity index (χ0) is 17.6. The van der Waals surface area contributed by atoms with E-state index in [1.54, 1.807) is 0 Å². The molecule has 6 nitrogen and oxygen atoms in total. The summed E-state index contributed by atoms with van der Waals surface area (Å²) < 4.78 is 5.64. The quantitative estimate of drug-likeness (QED) is 0.719. The van der Waals surface area contributed by atoms with Crippen LogP contribution < -0.4 is 15.6 Å². The van der Waals surface area contributed by atoms with E-state index in [-0.39, 0.29) is 5.56 Å². The average Bonchev–Trinajstić information content (AvgIpc) is 2.62. The lowest BCUT2D eigenvalue weighted by Crippen LogP contribution is -2.15. The van der Waals surface area contributed by atoms with Crippen molar-refractivity contribution in [1.29, 1.82) is 0 Å². The zero-order valence-electron chi connectivity index (χ0n) is 14.2. The Morgan fingerprint density at radius 1 is 1.04 bits per heavy atom. The van der Waals surface area contributed by atoms with Crippen molar-refractivity contribution in [2.75, 3.05) is 11.9 Å². The van der Waals surface area contributed by atoms with Crippen LogP contribution in [0.4, 0.5) is 11.6 Å². The number of aromatic amines is 1. The molecule has 128 valence electrons. The van der Waals surface area contributed by atoms with Gasteiger partial charge in [0, 0.05) is 11.3 Å². The van der Waals surface area contributed by atoms with E-state index in [1.807, 2.05) is 54.6 Å². The van der Waals surface area contributed by atoms with Crippen molar-refractivity contribution in [1.82, 2.24) is 15.2 Å². The molecule has 3 aromatic rings. The molecule has 0 radical (unpaired) electrons. The maximum Gasteiger partial charge on any atom is 0.279 e. The van der Waals surface area contributed by atoms with Crippen LogP contribution in [0.25, 0.3) is 11.3 Å². The molecule has 0 aliphatic carbocycles. The first-order chi connectivity index (χ1) is 12.1. The van der Waals surface area contributed by atoms with E-state index < -0.39 is 0 Å². The minimum absolute atomic E-state index is 0.291. The second-order valence-corrected chi connectivity index (χ2v) is 6.07. The zero-order valence-corrected chi connectivity index (χ0v) is 14.2. The molecule has 2 aromatic carbocycles. The van der Waals surface area contributed by atoms with Gasteiger partial charge in [-0.1, -0.05) is 44.2 Å². The number of benzene rings is 2. The Morgan fingerprint density at radius 2 is 1.76 bits per heavy atom. The van der Waals surface area contributed by atoms with E-state index >= 15 is 0 Å². The monoisotopic (exact) mass is 336 g/mol. The standard InChI is InChI=1S/C19H20N4O2/c1-13(2)12-25-16-10-8-15(9-11-16)20-19-21-18(24)17(22-23-19)14-6-4-3-5-7-14/h3-11,13H,12H2,1-2H3,(H2,20,21,23,24). The Kier molecular flexibility index (Phi) is 5.09. The number of H-pyrrole nitrogens is 1. The van der Waals surface area contributed by atoms with E-state index in [9.17, 15) is 4.79 Å². The molecule has 0 saturated heterocycles. The van der Waals surface area contributed by atoms with Crippen LogP contribution in [0.5, 0.6) is 5.75 Å². The second kappa shape index (κ2) is 7.61. The van der Waals surface area contributed by atoms with Gasteiger partial charge in [-0.2, -0.15) is 0 Å². The molecule has 3 rings (SSSR count). The fraction of sp³-hybridized carbons (Fsp3) is 0.211. The Hall–Kier alpha value is -3.15. The number of hydrogen-bond acceptors (Lipinski definition) is 5. The summed E-state index contributed by atoms with van der Waals surface area (Å²) in [6.45, 7) is 4.88. The van der Waals surface area contributed by atoms with E-state index in [0.29, 0.717) is 24.2 Å². The molecule has 0 unspecified atom stereocenters. The largest absolute Gasteiger partial charge is 0.493 e. The maximum atomic E-state index is 12.2. The molecule has 0 atom stereocenters. The van der Waals surface area contributed by atoms with Crippen molar-refractivity contribution in [3.05, 3.63) is 65.0 Å². The Morgan fingerprint density at radius 3 is 2.40 bits per heavy atom. The highest BCUT2D eigenvalue weighted by Gasteiger charge is 2.07. The minimum Gasteiger partial charge on any atom is -0.493 e. The molecule has 2 N–H and O–H groups in total. The topological polar surface area (TPSA) is 79.9 Å². The molecular formula is C19H20N4O2. The Labute approximate surface area is 145 Å². The number of nitrogens with one attached hydrogen (secondary N) is 2. The fourth-order valence-corrected chi connectivity index (χ4v) is 2.21. The highest BCUT2D eigenvalue weighted by atomic mass is 16.5. The number of anilines is 2. The molecule has 0 aliphatic heterocycles. The van der Waals surface area contributed by atoms with Gasteiger partial charge in [-0.3, -0.25) is 9.78 Å². The van der Waals surface area contributed by atoms with Gasteiger partial charge in [0.2, 0.25) is 5.95 Å². The van der Waals surface area contributed by atoms with E-state index in [4.69, 9.17) is 4.74 Å². The second-order valence-electron chi connectivity index (χ2n) is 6.07. The summed E-state index contributed by atoms with van der Waals surface area (Å²) >= 11 is 0. The third-order valence-electron chi connectivity index (χ3n) is 3.44. The molecule has 0 amide bonds. The van der Waals surface area contributed by atoms with Gasteiger partial charge in [-0.15, -0.1) is 10.2 Å². The van der Waals surface area contributed by atoms with Gasteiger partial charge in [-0.25, -0.2) is 0 Å². The fourth-order valence-electron chi connectivity index (χ4n) is 2.21. The van der Waals surface area contributed by atoms with Crippen LogP contribution in [0.15, 0.2) is 59.4 Å². The molecular weight excluding hydrogens is 316 g/mol. The summed E-state index contributed by atoms with van der Waals surface area (Å²) in [5, 5.41) is 11.1. The van der Waals surface area contributed by atoms with Crippen LogP contribution in [0.2, 0.25) is 0 Å². The summed E-state index contributed by atoms with van der Waals surface area (Å²) in [6, 6.07) is 16.7. The van der Waals surface area contributed by atoms with Gasteiger partial charge in [0.1, 0.15) is 5.75 Å². The first kappa shape index (κ1) is 16.7. The summed E-state index contributed by atoms with van der Waals surface area (Å²) in [7, 11) is 0. The van der Waals surface area contributed by atoms with Gasteiger partial charge in [0.05, 0.1) is 6.61 Å². The molecule has 1 heterocycles. The number of aromatic nitrogens is 3. The minimum atomic E-state index is -0.291. The van der Waals surface area contributed by atoms with Gasteiger partial charge in [0.15, 0.2) is 5.69 Å². The van der Waals surface area contributed by atoms with Crippen molar-refractivity contribution >= 4 is 11.6 Å². The summed E-state index contributed by atoms with van der Waals surface area (Å²) in [5.41, 5.74) is 1.52. The first-order valence-electron chi connectivity index (χ1n) is 8.14. The molecule has 0 fully saturated rings. The molecule has 0 aliphatic rings. The van der Waals surface area contributed by atoms with Gasteiger partial charge in [0.25, 0.3) is 5.56 Å². The number of hydrogen-bond donors (Lipinski definition) is 2. The van der Waals surface area contributed by atoms with Gasteiger partial charge >= 0.3 is 0 Å². The molecule has 0 bridgehead atoms. The number of ether oxygens (including phenoxy) is 1. The van der Waals surface area contributed by atoms with Crippen molar-refractivity contribution in [2.24, 2.45) is 5.92 Å². The Balaban J connectivity index is 1.71. The number of nitrogens with zero attached hydrogens (tertiary/aromatic N) is 2. The first-order valence-corrected chi connectivity index (χ1v) is 8.14. The SMILES string of the molecule is CC(C)COc1ccc(Nc2nnc(-c3ccccc3)c(=O)[nH]2)cc1. The molecule has 1 aromatic heterocycles. The lowest BCUT2D eigenvalue weighted by atomic mass is 10.2. The predicted molar refractivity (Wildman–Crippen MR) is 98.1 cm³/mol. The lowest BCUT2D eigenvalue weighted by molar-refractivity contribution is 0.271. The predicted octanol–water partition coefficient (Wildman–Crippen LogP) is 3.61. The van der Waals surface area contributed by atoms with Crippen molar-refractivity contribution in [3.8, 4) is 17.0 Å². The average molecular weight is 336 g/mol. The van der Waals surface area contributed by atoms with Crippen LogP contribution >= 0.6 is 0 Å².